The van der Waals surface area contributed by atoms with Crippen molar-refractivity contribution < 1.29 is 14.0 Å². The summed E-state index contributed by atoms with van der Waals surface area (Å²) in [6.07, 6.45) is 3.34. The molecule has 0 radical (unpaired) electrons. The second-order valence-electron chi connectivity index (χ2n) is 6.56. The van der Waals surface area contributed by atoms with Crippen LogP contribution >= 0.6 is 11.6 Å². The topological polar surface area (TPSA) is 40.6 Å². The van der Waals surface area contributed by atoms with Crippen LogP contribution in [0.1, 0.15) is 27.7 Å². The molecule has 23 heavy (non-hydrogen) atoms. The summed E-state index contributed by atoms with van der Waals surface area (Å²) < 4.78 is 17.8. The van der Waals surface area contributed by atoms with Crippen LogP contribution in [0, 0.1) is 0 Å². The Kier molecular flexibility index (Phi) is 4.13. The third kappa shape index (κ3) is 3.22. The summed E-state index contributed by atoms with van der Waals surface area (Å²) in [5.74, 6) is 1.27. The molecule has 1 aromatic heterocycles. The summed E-state index contributed by atoms with van der Waals surface area (Å²) in [6, 6.07) is 9.10. The van der Waals surface area contributed by atoms with Crippen LogP contribution in [0.25, 0.3) is 0 Å². The molecule has 0 atom stereocenters. The number of hydrogen-bond acceptors (Lipinski definition) is 4. The molecule has 0 amide bonds. The Bertz CT molecular complexity index is 690. The van der Waals surface area contributed by atoms with Gasteiger partial charge in [-0.1, -0.05) is 17.7 Å². The van der Waals surface area contributed by atoms with Crippen molar-refractivity contribution >= 4 is 24.2 Å². The lowest BCUT2D eigenvalue weighted by Crippen LogP contribution is -2.41. The summed E-state index contributed by atoms with van der Waals surface area (Å²) >= 11 is 6.35. The molecular formula is C17H19BClNO3. The van der Waals surface area contributed by atoms with Gasteiger partial charge in [0.2, 0.25) is 0 Å². The third-order valence-electron chi connectivity index (χ3n) is 4.36. The highest BCUT2D eigenvalue weighted by molar-refractivity contribution is 6.62. The van der Waals surface area contributed by atoms with Crippen LogP contribution in [0.3, 0.4) is 0 Å². The second kappa shape index (κ2) is 5.82. The summed E-state index contributed by atoms with van der Waals surface area (Å²) in [4.78, 5) is 3.96. The molecule has 3 rings (SSSR count). The first-order chi connectivity index (χ1) is 10.8. The largest absolute Gasteiger partial charge is 0.494 e. The SMILES string of the molecule is CC1(C)OB(c2ccc(Oc3ccncc3)c(Cl)c2)OC1(C)C. The number of benzene rings is 1. The van der Waals surface area contributed by atoms with Crippen LogP contribution in [0.4, 0.5) is 0 Å². The van der Waals surface area contributed by atoms with Gasteiger partial charge in [-0.2, -0.15) is 0 Å². The van der Waals surface area contributed by atoms with Gasteiger partial charge in [0.05, 0.1) is 16.2 Å². The number of pyridine rings is 1. The van der Waals surface area contributed by atoms with Crippen molar-refractivity contribution in [1.82, 2.24) is 4.98 Å². The molecule has 0 N–H and O–H groups in total. The van der Waals surface area contributed by atoms with Crippen LogP contribution in [-0.2, 0) is 9.31 Å². The lowest BCUT2D eigenvalue weighted by molar-refractivity contribution is 0.00578. The minimum absolute atomic E-state index is 0.379. The minimum atomic E-state index is -0.438. The number of hydrogen-bond donors (Lipinski definition) is 0. The molecule has 1 fully saturated rings. The van der Waals surface area contributed by atoms with E-state index in [2.05, 4.69) is 4.98 Å². The molecule has 0 aliphatic carbocycles. The fourth-order valence-corrected chi connectivity index (χ4v) is 2.49. The van der Waals surface area contributed by atoms with Crippen molar-refractivity contribution in [2.75, 3.05) is 0 Å². The molecule has 2 heterocycles. The number of nitrogens with zero attached hydrogens (tertiary/aromatic N) is 1. The van der Waals surface area contributed by atoms with Crippen LogP contribution in [0.2, 0.25) is 5.02 Å². The van der Waals surface area contributed by atoms with Crippen molar-refractivity contribution in [3.8, 4) is 11.5 Å². The van der Waals surface area contributed by atoms with E-state index in [-0.39, 0.29) is 11.2 Å². The molecule has 1 saturated heterocycles. The quantitative estimate of drug-likeness (QED) is 0.802. The predicted octanol–water partition coefficient (Wildman–Crippen LogP) is 3.83. The highest BCUT2D eigenvalue weighted by Crippen LogP contribution is 2.37. The molecule has 4 nitrogen and oxygen atoms in total. The zero-order valence-corrected chi connectivity index (χ0v) is 14.4. The average molecular weight is 332 g/mol. The maximum Gasteiger partial charge on any atom is 0.494 e. The van der Waals surface area contributed by atoms with E-state index in [4.69, 9.17) is 25.6 Å². The first kappa shape index (κ1) is 16.3. The van der Waals surface area contributed by atoms with Crippen molar-refractivity contribution in [3.63, 3.8) is 0 Å². The first-order valence-corrected chi connectivity index (χ1v) is 7.89. The van der Waals surface area contributed by atoms with E-state index < -0.39 is 7.12 Å². The lowest BCUT2D eigenvalue weighted by atomic mass is 9.79. The van der Waals surface area contributed by atoms with Gasteiger partial charge in [0.1, 0.15) is 11.5 Å². The van der Waals surface area contributed by atoms with Crippen molar-refractivity contribution in [2.45, 2.75) is 38.9 Å². The van der Waals surface area contributed by atoms with Gasteiger partial charge >= 0.3 is 7.12 Å². The van der Waals surface area contributed by atoms with Gasteiger partial charge in [0.15, 0.2) is 0 Å². The van der Waals surface area contributed by atoms with E-state index >= 15 is 0 Å². The fraction of sp³-hybridized carbons (Fsp3) is 0.353. The Labute approximate surface area is 141 Å². The number of ether oxygens (including phenoxy) is 1. The van der Waals surface area contributed by atoms with Crippen LogP contribution < -0.4 is 10.2 Å². The molecule has 1 aliphatic heterocycles. The molecule has 1 aliphatic rings. The van der Waals surface area contributed by atoms with E-state index in [0.29, 0.717) is 16.5 Å². The maximum atomic E-state index is 6.35. The van der Waals surface area contributed by atoms with Crippen molar-refractivity contribution in [3.05, 3.63) is 47.7 Å². The Morgan fingerprint density at radius 3 is 2.17 bits per heavy atom. The molecule has 2 aromatic rings. The third-order valence-corrected chi connectivity index (χ3v) is 4.65. The highest BCUT2D eigenvalue weighted by Gasteiger charge is 2.51. The van der Waals surface area contributed by atoms with Gasteiger partial charge in [-0.25, -0.2) is 0 Å². The van der Waals surface area contributed by atoms with Crippen LogP contribution in [0.5, 0.6) is 11.5 Å². The van der Waals surface area contributed by atoms with Gasteiger partial charge in [0.25, 0.3) is 0 Å². The molecule has 0 bridgehead atoms. The molecule has 120 valence electrons. The van der Waals surface area contributed by atoms with Crippen LogP contribution in [-0.4, -0.2) is 23.3 Å². The van der Waals surface area contributed by atoms with E-state index in [0.717, 1.165) is 5.46 Å². The predicted molar refractivity (Wildman–Crippen MR) is 91.5 cm³/mol. The molecule has 6 heteroatoms. The highest BCUT2D eigenvalue weighted by atomic mass is 35.5. The molecule has 0 spiro atoms. The second-order valence-corrected chi connectivity index (χ2v) is 6.97. The molecule has 1 aromatic carbocycles. The molecule has 0 unspecified atom stereocenters. The average Bonchev–Trinajstić information content (AvgIpc) is 2.71. The van der Waals surface area contributed by atoms with Crippen LogP contribution in [0.15, 0.2) is 42.7 Å². The zero-order chi connectivity index (χ0) is 16.7. The smallest absolute Gasteiger partial charge is 0.456 e. The Morgan fingerprint density at radius 2 is 1.61 bits per heavy atom. The van der Waals surface area contributed by atoms with E-state index in [9.17, 15) is 0 Å². The molecule has 0 saturated carbocycles. The number of rotatable bonds is 3. The number of aromatic nitrogens is 1. The Hall–Kier alpha value is -1.56. The molecular weight excluding hydrogens is 312 g/mol. The van der Waals surface area contributed by atoms with Gasteiger partial charge in [-0.05, 0) is 57.4 Å². The Morgan fingerprint density at radius 1 is 1.00 bits per heavy atom. The Balaban J connectivity index is 1.81. The number of halogens is 1. The first-order valence-electron chi connectivity index (χ1n) is 7.51. The summed E-state index contributed by atoms with van der Waals surface area (Å²) in [5.41, 5.74) is 0.114. The lowest BCUT2D eigenvalue weighted by Gasteiger charge is -2.32. The minimum Gasteiger partial charge on any atom is -0.456 e. The normalized spacial score (nSPS) is 18.9. The van der Waals surface area contributed by atoms with Gasteiger partial charge in [-0.15, -0.1) is 0 Å². The van der Waals surface area contributed by atoms with E-state index in [1.165, 1.54) is 0 Å². The van der Waals surface area contributed by atoms with Gasteiger partial charge in [-0.3, -0.25) is 4.98 Å². The van der Waals surface area contributed by atoms with Crippen molar-refractivity contribution in [2.24, 2.45) is 0 Å². The van der Waals surface area contributed by atoms with E-state index in [1.807, 2.05) is 45.9 Å². The monoisotopic (exact) mass is 331 g/mol. The van der Waals surface area contributed by atoms with Gasteiger partial charge < -0.3 is 14.0 Å². The van der Waals surface area contributed by atoms with Crippen molar-refractivity contribution in [1.29, 1.82) is 0 Å². The zero-order valence-electron chi connectivity index (χ0n) is 13.7. The van der Waals surface area contributed by atoms with E-state index in [1.54, 1.807) is 24.5 Å². The summed E-state index contributed by atoms with van der Waals surface area (Å²) in [7, 11) is -0.438. The fourth-order valence-electron chi connectivity index (χ4n) is 2.26. The standard InChI is InChI=1S/C17H19BClNO3/c1-16(2)17(3,4)23-18(22-16)12-5-6-15(14(19)11-12)21-13-7-9-20-10-8-13/h5-11H,1-4H3. The summed E-state index contributed by atoms with van der Waals surface area (Å²) in [5, 5.41) is 0.508. The summed E-state index contributed by atoms with van der Waals surface area (Å²) in [6.45, 7) is 8.09. The maximum absolute atomic E-state index is 6.35. The van der Waals surface area contributed by atoms with Gasteiger partial charge in [0, 0.05) is 12.4 Å².